The van der Waals surface area contributed by atoms with Gasteiger partial charge in [0.25, 0.3) is 5.91 Å². The fourth-order valence-corrected chi connectivity index (χ4v) is 4.63. The van der Waals surface area contributed by atoms with Gasteiger partial charge in [-0.2, -0.15) is 0 Å². The highest BCUT2D eigenvalue weighted by molar-refractivity contribution is 8.24. The molecule has 0 radical (unpaired) electrons. The first-order valence-electron chi connectivity index (χ1n) is 10.9. The molecule has 13 heteroatoms. The van der Waals surface area contributed by atoms with E-state index in [-0.39, 0.29) is 18.3 Å². The van der Waals surface area contributed by atoms with Crippen molar-refractivity contribution in [3.8, 4) is 11.6 Å². The third kappa shape index (κ3) is 4.66. The molecule has 0 saturated carbocycles. The second-order valence-corrected chi connectivity index (χ2v) is 10.2. The smallest absolute Gasteiger partial charge is 0.252 e. The number of hydrogen-bond acceptors (Lipinski definition) is 10. The van der Waals surface area contributed by atoms with Crippen molar-refractivity contribution < 1.29 is 18.6 Å². The molecule has 1 aliphatic heterocycles. The first-order chi connectivity index (χ1) is 17.1. The van der Waals surface area contributed by atoms with Gasteiger partial charge in [0, 0.05) is 18.0 Å². The molecule has 12 nitrogen and oxygen atoms in total. The molecule has 5 rings (SSSR count). The number of aromatic nitrogens is 4. The molecule has 4 aromatic rings. The lowest BCUT2D eigenvalue weighted by Crippen LogP contribution is -2.48. The van der Waals surface area contributed by atoms with E-state index < -0.39 is 16.5 Å². The Morgan fingerprint density at radius 1 is 1.17 bits per heavy atom. The number of imidazole rings is 1. The number of anilines is 1. The summed E-state index contributed by atoms with van der Waals surface area (Å²) in [6.07, 6.45) is 4.84. The summed E-state index contributed by atoms with van der Waals surface area (Å²) in [5, 5.41) is 2.97. The second kappa shape index (κ2) is 8.78. The normalized spacial score (nSPS) is 15.4. The lowest BCUT2D eigenvalue weighted by Gasteiger charge is -2.34. The number of nitrogens with two attached hydrogens (primary N) is 1. The molecular weight excluding hydrogens is 484 g/mol. The number of fused-ring (bicyclic) bond motifs is 2. The largest absolute Gasteiger partial charge is 0.490 e. The Bertz CT molecular complexity index is 1500. The van der Waals surface area contributed by atoms with Gasteiger partial charge in [-0.25, -0.2) is 15.0 Å². The van der Waals surface area contributed by atoms with Crippen molar-refractivity contribution in [2.75, 3.05) is 11.3 Å². The Hall–Kier alpha value is -4.20. The van der Waals surface area contributed by atoms with Crippen molar-refractivity contribution in [2.24, 2.45) is 10.1 Å². The quantitative estimate of drug-likeness (QED) is 0.262. The Morgan fingerprint density at radius 3 is 2.83 bits per heavy atom. The number of rotatable bonds is 6. The van der Waals surface area contributed by atoms with Crippen LogP contribution in [0.1, 0.15) is 29.8 Å². The fraction of sp³-hybridized carbons (Fsp3) is 0.174. The van der Waals surface area contributed by atoms with Crippen molar-refractivity contribution in [1.82, 2.24) is 24.8 Å². The average molecular weight is 509 g/mol. The van der Waals surface area contributed by atoms with E-state index in [1.165, 1.54) is 0 Å². The molecule has 0 aliphatic carbocycles. The van der Waals surface area contributed by atoms with Crippen molar-refractivity contribution >= 4 is 39.6 Å². The fourth-order valence-electron chi connectivity index (χ4n) is 3.75. The molecule has 6 N–H and O–H groups in total. The highest BCUT2D eigenvalue weighted by atomic mass is 32.3. The minimum Gasteiger partial charge on any atom is -0.490 e. The molecule has 0 saturated heterocycles. The zero-order valence-electron chi connectivity index (χ0n) is 19.4. The SMILES string of the molecule is CC(C)(COc1cccc2c1C(N)=NS(O)(O)N2)NC(=O)c1ccnc(-n2cnc3ncccc32)c1. The van der Waals surface area contributed by atoms with Crippen LogP contribution in [0.25, 0.3) is 17.0 Å². The number of hydrogen-bond donors (Lipinski definition) is 5. The predicted octanol–water partition coefficient (Wildman–Crippen LogP) is 3.11. The average Bonchev–Trinajstić information content (AvgIpc) is 3.26. The van der Waals surface area contributed by atoms with E-state index in [0.29, 0.717) is 34.0 Å². The van der Waals surface area contributed by atoms with Crippen LogP contribution in [-0.2, 0) is 0 Å². The first-order valence-corrected chi connectivity index (χ1v) is 12.4. The summed E-state index contributed by atoms with van der Waals surface area (Å²) < 4.78 is 33.7. The minimum atomic E-state index is -3.40. The van der Waals surface area contributed by atoms with Gasteiger partial charge in [0.15, 0.2) is 11.5 Å². The van der Waals surface area contributed by atoms with Crippen LogP contribution < -0.4 is 20.5 Å². The molecule has 0 atom stereocenters. The van der Waals surface area contributed by atoms with Gasteiger partial charge in [0.1, 0.15) is 24.5 Å². The number of nitrogens with zero attached hydrogens (tertiary/aromatic N) is 5. The van der Waals surface area contributed by atoms with E-state index in [4.69, 9.17) is 10.5 Å². The van der Waals surface area contributed by atoms with Crippen LogP contribution in [0.4, 0.5) is 5.69 Å². The standard InChI is InChI=1S/C23H24N8O4S/c1-23(2,12-35-17-7-3-5-15-19(17)20(24)30-36(33,34)29-15)28-22(32)14-8-10-25-18(11-14)31-13-27-21-16(31)6-4-9-26-21/h3-11,13,29,33-34H,12H2,1-2H3,(H2,24,30)(H,28,32). The number of amidine groups is 1. The second-order valence-electron chi connectivity index (χ2n) is 8.77. The van der Waals surface area contributed by atoms with Gasteiger partial charge in [-0.1, -0.05) is 6.07 Å². The van der Waals surface area contributed by atoms with Gasteiger partial charge in [0.05, 0.1) is 22.3 Å². The summed E-state index contributed by atoms with van der Waals surface area (Å²) in [6, 6.07) is 12.0. The van der Waals surface area contributed by atoms with E-state index in [1.807, 2.05) is 26.0 Å². The Kier molecular flexibility index (Phi) is 5.74. The van der Waals surface area contributed by atoms with Crippen LogP contribution in [0.2, 0.25) is 0 Å². The molecule has 36 heavy (non-hydrogen) atoms. The third-order valence-electron chi connectivity index (χ3n) is 5.37. The maximum absolute atomic E-state index is 13.1. The zero-order chi connectivity index (χ0) is 25.5. The summed E-state index contributed by atoms with van der Waals surface area (Å²) in [7, 11) is -3.40. The van der Waals surface area contributed by atoms with Crippen LogP contribution >= 0.6 is 11.0 Å². The lowest BCUT2D eigenvalue weighted by atomic mass is 10.1. The predicted molar refractivity (Wildman–Crippen MR) is 137 cm³/mol. The van der Waals surface area contributed by atoms with E-state index in [9.17, 15) is 13.9 Å². The highest BCUT2D eigenvalue weighted by Crippen LogP contribution is 2.46. The molecule has 1 amide bonds. The summed E-state index contributed by atoms with van der Waals surface area (Å²) in [6.45, 7) is 3.75. The van der Waals surface area contributed by atoms with Gasteiger partial charge in [-0.05, 0) is 61.2 Å². The molecule has 1 aliphatic rings. The lowest BCUT2D eigenvalue weighted by molar-refractivity contribution is 0.0880. The molecule has 0 fully saturated rings. The number of carbonyl (C=O) groups is 1. The number of carbonyl (C=O) groups excluding carboxylic acids is 1. The van der Waals surface area contributed by atoms with Crippen molar-refractivity contribution in [1.29, 1.82) is 0 Å². The summed E-state index contributed by atoms with van der Waals surface area (Å²) in [5.74, 6) is 0.580. The topological polar surface area (TPSA) is 173 Å². The molecule has 3 aromatic heterocycles. The minimum absolute atomic E-state index is 0.0484. The van der Waals surface area contributed by atoms with E-state index in [2.05, 4.69) is 29.4 Å². The van der Waals surface area contributed by atoms with Crippen LogP contribution in [0, 0.1) is 0 Å². The van der Waals surface area contributed by atoms with Gasteiger partial charge in [-0.3, -0.25) is 23.2 Å². The van der Waals surface area contributed by atoms with E-state index in [0.717, 1.165) is 5.52 Å². The third-order valence-corrected chi connectivity index (χ3v) is 6.32. The highest BCUT2D eigenvalue weighted by Gasteiger charge is 2.27. The Labute approximate surface area is 207 Å². The number of nitrogens with one attached hydrogen (secondary N) is 2. The van der Waals surface area contributed by atoms with Crippen LogP contribution in [-0.4, -0.2) is 52.5 Å². The molecule has 4 heterocycles. The van der Waals surface area contributed by atoms with Gasteiger partial charge < -0.3 is 15.8 Å². The van der Waals surface area contributed by atoms with Crippen LogP contribution in [0.3, 0.4) is 0 Å². The summed E-state index contributed by atoms with van der Waals surface area (Å²) >= 11 is 0. The maximum Gasteiger partial charge on any atom is 0.252 e. The Balaban J connectivity index is 1.31. The number of benzene rings is 1. The number of amides is 1. The van der Waals surface area contributed by atoms with E-state index in [1.54, 1.807) is 53.6 Å². The molecular formula is C23H24N8O4S. The molecule has 0 spiro atoms. The van der Waals surface area contributed by atoms with E-state index >= 15 is 0 Å². The van der Waals surface area contributed by atoms with Gasteiger partial charge in [0.2, 0.25) is 0 Å². The summed E-state index contributed by atoms with van der Waals surface area (Å²) in [4.78, 5) is 25.9. The maximum atomic E-state index is 13.1. The molecule has 0 bridgehead atoms. The first kappa shape index (κ1) is 23.5. The van der Waals surface area contributed by atoms with Crippen LogP contribution in [0.5, 0.6) is 5.75 Å². The van der Waals surface area contributed by atoms with Crippen molar-refractivity contribution in [3.63, 3.8) is 0 Å². The number of ether oxygens (including phenoxy) is 1. The molecule has 0 unspecified atom stereocenters. The zero-order valence-corrected chi connectivity index (χ0v) is 20.2. The number of pyridine rings is 2. The monoisotopic (exact) mass is 508 g/mol. The summed E-state index contributed by atoms with van der Waals surface area (Å²) in [5.41, 5.74) is 7.78. The van der Waals surface area contributed by atoms with Crippen molar-refractivity contribution in [3.05, 3.63) is 72.3 Å². The van der Waals surface area contributed by atoms with Gasteiger partial charge in [-0.15, -0.1) is 4.40 Å². The molecule has 1 aromatic carbocycles. The Morgan fingerprint density at radius 2 is 2.00 bits per heavy atom. The molecule has 186 valence electrons. The van der Waals surface area contributed by atoms with Gasteiger partial charge >= 0.3 is 0 Å². The van der Waals surface area contributed by atoms with Crippen molar-refractivity contribution in [2.45, 2.75) is 19.4 Å². The van der Waals surface area contributed by atoms with Crippen LogP contribution in [0.15, 0.2) is 65.6 Å².